The fraction of sp³-hybridized carbons (Fsp3) is 0.200. The molecule has 1 aliphatic rings. The predicted molar refractivity (Wildman–Crippen MR) is 130 cm³/mol. The Hall–Kier alpha value is -3.22. The van der Waals surface area contributed by atoms with Crippen LogP contribution in [0.3, 0.4) is 0 Å². The number of urea groups is 1. The van der Waals surface area contributed by atoms with E-state index in [0.717, 1.165) is 26.5 Å². The zero-order valence-corrected chi connectivity index (χ0v) is 18.9. The number of carbonyl (C=O) groups is 3. The summed E-state index contributed by atoms with van der Waals surface area (Å²) in [5, 5.41) is 0.559. The second kappa shape index (κ2) is 9.33. The van der Waals surface area contributed by atoms with E-state index in [1.54, 1.807) is 19.3 Å². The van der Waals surface area contributed by atoms with Crippen molar-refractivity contribution in [2.45, 2.75) is 33.2 Å². The predicted octanol–water partition coefficient (Wildman–Crippen LogP) is 6.01. The summed E-state index contributed by atoms with van der Waals surface area (Å²) in [5.41, 5.74) is 1.57. The average Bonchev–Trinajstić information content (AvgIpc) is 2.93. The first-order chi connectivity index (χ1) is 15.2. The van der Waals surface area contributed by atoms with Gasteiger partial charge in [-0.3, -0.25) is 14.6 Å². The van der Waals surface area contributed by atoms with Gasteiger partial charge in [-0.2, -0.15) is 0 Å². The van der Waals surface area contributed by atoms with Crippen LogP contribution in [-0.4, -0.2) is 33.3 Å². The Morgan fingerprint density at radius 1 is 1.00 bits per heavy atom. The molecule has 6 nitrogen and oxygen atoms in total. The van der Waals surface area contributed by atoms with Crippen molar-refractivity contribution < 1.29 is 14.4 Å². The summed E-state index contributed by atoms with van der Waals surface area (Å²) in [6, 6.07) is 15.1. The Labute approximate surface area is 202 Å². The first-order valence-corrected chi connectivity index (χ1v) is 10.6. The molecule has 1 atom stereocenters. The molecule has 3 aromatic rings. The molecule has 4 amide bonds. The van der Waals surface area contributed by atoms with Crippen molar-refractivity contribution in [2.24, 2.45) is 0 Å². The number of anilines is 1. The molecular formula is C25H23Cl2N3O3. The highest BCUT2D eigenvalue weighted by Gasteiger charge is 2.56. The molecule has 0 spiro atoms. The topological polar surface area (TPSA) is 70.6 Å². The summed E-state index contributed by atoms with van der Waals surface area (Å²) in [5.74, 6) is -1.04. The number of halogens is 2. The fourth-order valence-corrected chi connectivity index (χ4v) is 4.53. The number of hydrogen-bond donors (Lipinski definition) is 0. The van der Waals surface area contributed by atoms with Crippen molar-refractivity contribution in [2.75, 3.05) is 4.90 Å². The largest absolute Gasteiger partial charge is 0.339 e. The minimum Gasteiger partial charge on any atom is -0.275 e. The summed E-state index contributed by atoms with van der Waals surface area (Å²) in [6.07, 6.45) is 3.63. The molecular weight excluding hydrogens is 461 g/mol. The lowest BCUT2D eigenvalue weighted by molar-refractivity contribution is -0.135. The third-order valence-electron chi connectivity index (χ3n) is 5.46. The van der Waals surface area contributed by atoms with Gasteiger partial charge >= 0.3 is 6.03 Å². The molecule has 0 unspecified atom stereocenters. The summed E-state index contributed by atoms with van der Waals surface area (Å²) < 4.78 is 0. The van der Waals surface area contributed by atoms with Crippen molar-refractivity contribution in [1.82, 2.24) is 9.88 Å². The molecule has 1 aromatic heterocycles. The number of benzene rings is 2. The molecule has 8 heteroatoms. The van der Waals surface area contributed by atoms with E-state index in [9.17, 15) is 14.4 Å². The molecule has 33 heavy (non-hydrogen) atoms. The lowest BCUT2D eigenvalue weighted by Crippen LogP contribution is -2.51. The zero-order chi connectivity index (χ0) is 23.0. The lowest BCUT2D eigenvalue weighted by atomic mass is 9.90. The number of carbonyl (C=O) groups excluding carboxylic acids is 3. The highest BCUT2D eigenvalue weighted by Crippen LogP contribution is 2.37. The Morgan fingerprint density at radius 3 is 2.18 bits per heavy atom. The van der Waals surface area contributed by atoms with E-state index in [0.29, 0.717) is 0 Å². The molecule has 0 saturated carbocycles. The van der Waals surface area contributed by atoms with Gasteiger partial charge in [-0.25, -0.2) is 14.6 Å². The second-order valence-electron chi connectivity index (χ2n) is 7.79. The van der Waals surface area contributed by atoms with Crippen molar-refractivity contribution in [1.29, 1.82) is 0 Å². The SMILES string of the molecule is C.CC(=O)N1C(=O)N(c2cc(Cl)cc(Cl)c2)C(=O)[C@@]1(C)Cc1ccc(-c2cccnc2)cc1. The molecule has 0 bridgehead atoms. The van der Waals surface area contributed by atoms with E-state index >= 15 is 0 Å². The number of amides is 4. The first-order valence-electron chi connectivity index (χ1n) is 9.85. The molecule has 0 N–H and O–H groups in total. The summed E-state index contributed by atoms with van der Waals surface area (Å²) in [4.78, 5) is 45.1. The van der Waals surface area contributed by atoms with E-state index in [1.807, 2.05) is 36.4 Å². The molecule has 2 aromatic carbocycles. The van der Waals surface area contributed by atoms with E-state index in [4.69, 9.17) is 23.2 Å². The highest BCUT2D eigenvalue weighted by atomic mass is 35.5. The van der Waals surface area contributed by atoms with Crippen molar-refractivity contribution in [3.63, 3.8) is 0 Å². The van der Waals surface area contributed by atoms with Crippen LogP contribution in [0.4, 0.5) is 10.5 Å². The Bertz CT molecular complexity index is 1200. The van der Waals surface area contributed by atoms with Gasteiger partial charge in [0.2, 0.25) is 5.91 Å². The number of pyridine rings is 1. The first kappa shape index (κ1) is 24.4. The Kier molecular flexibility index (Phi) is 6.91. The van der Waals surface area contributed by atoms with Crippen LogP contribution in [0.15, 0.2) is 67.0 Å². The molecule has 1 fully saturated rings. The van der Waals surface area contributed by atoms with Crippen LogP contribution < -0.4 is 4.90 Å². The minimum absolute atomic E-state index is 0. The Morgan fingerprint density at radius 2 is 1.64 bits per heavy atom. The normalized spacial score (nSPS) is 17.8. The number of nitrogens with zero attached hydrogens (tertiary/aromatic N) is 3. The molecule has 1 saturated heterocycles. The minimum atomic E-state index is -1.40. The van der Waals surface area contributed by atoms with Crippen LogP contribution in [0, 0.1) is 0 Å². The zero-order valence-electron chi connectivity index (χ0n) is 17.4. The van der Waals surface area contributed by atoms with Crippen LogP contribution in [0.2, 0.25) is 10.0 Å². The van der Waals surface area contributed by atoms with Gasteiger partial charge in [-0.05, 0) is 47.9 Å². The fourth-order valence-electron chi connectivity index (χ4n) is 4.01. The van der Waals surface area contributed by atoms with Crippen molar-refractivity contribution in [3.05, 3.63) is 82.6 Å². The van der Waals surface area contributed by atoms with Gasteiger partial charge < -0.3 is 0 Å². The molecule has 0 radical (unpaired) electrons. The van der Waals surface area contributed by atoms with Crippen LogP contribution in [0.1, 0.15) is 26.8 Å². The monoisotopic (exact) mass is 483 g/mol. The number of rotatable bonds is 4. The molecule has 0 aliphatic carbocycles. The Balaban J connectivity index is 0.00000306. The van der Waals surface area contributed by atoms with Gasteiger partial charge in [0.05, 0.1) is 5.69 Å². The quantitative estimate of drug-likeness (QED) is 0.426. The maximum atomic E-state index is 13.5. The van der Waals surface area contributed by atoms with E-state index in [-0.39, 0.29) is 29.6 Å². The maximum absolute atomic E-state index is 13.5. The van der Waals surface area contributed by atoms with Gasteiger partial charge in [-0.1, -0.05) is 61.0 Å². The van der Waals surface area contributed by atoms with Gasteiger partial charge in [0.1, 0.15) is 5.54 Å². The number of imide groups is 2. The van der Waals surface area contributed by atoms with Crippen LogP contribution in [0.25, 0.3) is 11.1 Å². The lowest BCUT2D eigenvalue weighted by Gasteiger charge is -2.29. The number of aromatic nitrogens is 1. The summed E-state index contributed by atoms with van der Waals surface area (Å²) in [7, 11) is 0. The smallest absolute Gasteiger partial charge is 0.275 e. The van der Waals surface area contributed by atoms with Gasteiger partial charge in [-0.15, -0.1) is 0 Å². The number of hydrogen-bond acceptors (Lipinski definition) is 4. The standard InChI is InChI=1S/C24H19Cl2N3O3.CH4/c1-15(30)29-23(32)28(21-11-19(25)10-20(26)12-21)22(31)24(29,2)13-16-5-7-17(8-6-16)18-4-3-9-27-14-18;/h3-12,14H,13H2,1-2H3;1H4/t24-;/m1./s1. The van der Waals surface area contributed by atoms with Crippen LogP contribution in [0.5, 0.6) is 0 Å². The average molecular weight is 484 g/mol. The second-order valence-corrected chi connectivity index (χ2v) is 8.67. The van der Waals surface area contributed by atoms with Crippen molar-refractivity contribution in [3.8, 4) is 11.1 Å². The third kappa shape index (κ3) is 4.49. The van der Waals surface area contributed by atoms with Gasteiger partial charge in [0.25, 0.3) is 5.91 Å². The van der Waals surface area contributed by atoms with Crippen LogP contribution in [-0.2, 0) is 16.0 Å². The van der Waals surface area contributed by atoms with Crippen LogP contribution >= 0.6 is 23.2 Å². The molecule has 170 valence electrons. The molecule has 2 heterocycles. The molecule has 4 rings (SSSR count). The summed E-state index contributed by atoms with van der Waals surface area (Å²) in [6.45, 7) is 2.86. The maximum Gasteiger partial charge on any atom is 0.339 e. The van der Waals surface area contributed by atoms with Crippen molar-refractivity contribution >= 4 is 46.7 Å². The van der Waals surface area contributed by atoms with Gasteiger partial charge in [0.15, 0.2) is 0 Å². The molecule has 1 aliphatic heterocycles. The highest BCUT2D eigenvalue weighted by molar-refractivity contribution is 6.36. The van der Waals surface area contributed by atoms with E-state index in [1.165, 1.54) is 25.1 Å². The van der Waals surface area contributed by atoms with Gasteiger partial charge in [0, 0.05) is 35.8 Å². The summed E-state index contributed by atoms with van der Waals surface area (Å²) >= 11 is 12.1. The van der Waals surface area contributed by atoms with E-state index in [2.05, 4.69) is 4.98 Å². The van der Waals surface area contributed by atoms with E-state index < -0.39 is 23.4 Å². The third-order valence-corrected chi connectivity index (χ3v) is 5.89.